The Kier molecular flexibility index (Phi) is 4.79. The third-order valence-corrected chi connectivity index (χ3v) is 3.76. The van der Waals surface area contributed by atoms with Gasteiger partial charge in [-0.05, 0) is 26.3 Å². The normalized spacial score (nSPS) is 23.3. The minimum Gasteiger partial charge on any atom is -0.394 e. The number of aromatic nitrogens is 2. The highest BCUT2D eigenvalue weighted by Crippen LogP contribution is 2.20. The third-order valence-electron chi connectivity index (χ3n) is 3.40. The number of aliphatic hydroxyl groups excluding tert-OH is 1. The molecule has 1 saturated heterocycles. The van der Waals surface area contributed by atoms with Crippen LogP contribution in [0.1, 0.15) is 19.8 Å². The number of anilines is 1. The van der Waals surface area contributed by atoms with Gasteiger partial charge in [0.25, 0.3) is 5.56 Å². The molecule has 19 heavy (non-hydrogen) atoms. The van der Waals surface area contributed by atoms with Gasteiger partial charge in [0.15, 0.2) is 0 Å². The lowest BCUT2D eigenvalue weighted by Gasteiger charge is -2.31. The molecule has 0 aliphatic carbocycles. The molecule has 3 N–H and O–H groups in total. The molecule has 7 heteroatoms. The van der Waals surface area contributed by atoms with E-state index in [1.807, 2.05) is 0 Å². The van der Waals surface area contributed by atoms with Crippen molar-refractivity contribution in [3.63, 3.8) is 0 Å². The summed E-state index contributed by atoms with van der Waals surface area (Å²) in [6.45, 7) is 3.13. The Labute approximate surface area is 116 Å². The van der Waals surface area contributed by atoms with Crippen molar-refractivity contribution in [3.8, 4) is 0 Å². The van der Waals surface area contributed by atoms with E-state index < -0.39 is 0 Å². The van der Waals surface area contributed by atoms with Crippen molar-refractivity contribution in [3.05, 3.63) is 21.6 Å². The lowest BCUT2D eigenvalue weighted by Crippen LogP contribution is -2.46. The number of hydrogen-bond donors (Lipinski definition) is 3. The molecule has 2 rings (SSSR count). The summed E-state index contributed by atoms with van der Waals surface area (Å²) in [5, 5.41) is 19.6. The van der Waals surface area contributed by atoms with Crippen LogP contribution in [0.5, 0.6) is 0 Å². The van der Waals surface area contributed by atoms with E-state index in [1.54, 1.807) is 6.20 Å². The molecule has 0 saturated carbocycles. The summed E-state index contributed by atoms with van der Waals surface area (Å²) in [6.07, 6.45) is 3.67. The summed E-state index contributed by atoms with van der Waals surface area (Å²) in [5.74, 6) is 0. The van der Waals surface area contributed by atoms with Gasteiger partial charge < -0.3 is 15.7 Å². The van der Waals surface area contributed by atoms with Crippen molar-refractivity contribution < 1.29 is 5.11 Å². The zero-order chi connectivity index (χ0) is 13.8. The SMILES string of the molecule is CC1NCCCC1Nc1cnn(CCO)c(=O)c1Cl. The molecule has 1 aliphatic heterocycles. The number of nitrogens with one attached hydrogen (secondary N) is 2. The zero-order valence-corrected chi connectivity index (χ0v) is 11.7. The lowest BCUT2D eigenvalue weighted by atomic mass is 10.00. The Morgan fingerprint density at radius 3 is 3.16 bits per heavy atom. The highest BCUT2D eigenvalue weighted by atomic mass is 35.5. The molecule has 0 amide bonds. The number of halogens is 1. The molecule has 1 aromatic heterocycles. The summed E-state index contributed by atoms with van der Waals surface area (Å²) >= 11 is 6.06. The van der Waals surface area contributed by atoms with Gasteiger partial charge in [0.05, 0.1) is 25.0 Å². The molecule has 106 valence electrons. The standard InChI is InChI=1S/C12H19ClN4O2/c1-8-9(3-2-4-14-8)16-10-7-15-17(5-6-18)12(19)11(10)13/h7-9,14,16,18H,2-6H2,1H3. The molecule has 1 aromatic rings. The van der Waals surface area contributed by atoms with Crippen molar-refractivity contribution in [1.29, 1.82) is 0 Å². The highest BCUT2D eigenvalue weighted by molar-refractivity contribution is 6.32. The van der Waals surface area contributed by atoms with E-state index in [0.29, 0.717) is 11.7 Å². The molecular weight excluding hydrogens is 268 g/mol. The molecule has 1 fully saturated rings. The smallest absolute Gasteiger partial charge is 0.287 e. The predicted molar refractivity (Wildman–Crippen MR) is 74.7 cm³/mol. The Balaban J connectivity index is 2.16. The Morgan fingerprint density at radius 2 is 2.47 bits per heavy atom. The minimum absolute atomic E-state index is 0.126. The maximum atomic E-state index is 11.9. The average molecular weight is 287 g/mol. The van der Waals surface area contributed by atoms with Gasteiger partial charge in [-0.2, -0.15) is 5.10 Å². The predicted octanol–water partition coefficient (Wildman–Crippen LogP) is 0.441. The summed E-state index contributed by atoms with van der Waals surface area (Å²) in [5.41, 5.74) is 0.179. The summed E-state index contributed by atoms with van der Waals surface area (Å²) in [7, 11) is 0. The summed E-state index contributed by atoms with van der Waals surface area (Å²) < 4.78 is 1.16. The van der Waals surface area contributed by atoms with E-state index in [2.05, 4.69) is 22.7 Å². The van der Waals surface area contributed by atoms with E-state index in [9.17, 15) is 4.79 Å². The van der Waals surface area contributed by atoms with Gasteiger partial charge >= 0.3 is 0 Å². The quantitative estimate of drug-likeness (QED) is 0.749. The van der Waals surface area contributed by atoms with Crippen molar-refractivity contribution in [2.75, 3.05) is 18.5 Å². The van der Waals surface area contributed by atoms with Crippen LogP contribution in [0.2, 0.25) is 5.02 Å². The van der Waals surface area contributed by atoms with E-state index in [4.69, 9.17) is 16.7 Å². The van der Waals surface area contributed by atoms with Crippen LogP contribution in [-0.4, -0.2) is 40.1 Å². The molecule has 2 unspecified atom stereocenters. The van der Waals surface area contributed by atoms with Crippen LogP contribution < -0.4 is 16.2 Å². The van der Waals surface area contributed by atoms with Crippen molar-refractivity contribution in [1.82, 2.24) is 15.1 Å². The van der Waals surface area contributed by atoms with Crippen LogP contribution in [0.3, 0.4) is 0 Å². The second kappa shape index (κ2) is 6.36. The number of nitrogens with zero attached hydrogens (tertiary/aromatic N) is 2. The van der Waals surface area contributed by atoms with Crippen molar-refractivity contribution in [2.45, 2.75) is 38.4 Å². The van der Waals surface area contributed by atoms with Gasteiger partial charge in [-0.1, -0.05) is 11.6 Å². The van der Waals surface area contributed by atoms with Crippen molar-refractivity contribution >= 4 is 17.3 Å². The fourth-order valence-corrected chi connectivity index (χ4v) is 2.46. The fourth-order valence-electron chi connectivity index (χ4n) is 2.26. The van der Waals surface area contributed by atoms with Gasteiger partial charge in [-0.25, -0.2) is 4.68 Å². The Bertz CT molecular complexity index is 491. The van der Waals surface area contributed by atoms with Gasteiger partial charge in [-0.3, -0.25) is 4.79 Å². The van der Waals surface area contributed by atoms with Crippen LogP contribution in [0.15, 0.2) is 11.0 Å². The molecule has 2 atom stereocenters. The van der Waals surface area contributed by atoms with Gasteiger partial charge in [0, 0.05) is 12.1 Å². The van der Waals surface area contributed by atoms with Crippen LogP contribution >= 0.6 is 11.6 Å². The van der Waals surface area contributed by atoms with Gasteiger partial charge in [-0.15, -0.1) is 0 Å². The number of rotatable bonds is 4. The first kappa shape index (κ1) is 14.3. The number of aliphatic hydroxyl groups is 1. The van der Waals surface area contributed by atoms with Crippen LogP contribution in [-0.2, 0) is 6.54 Å². The first-order valence-electron chi connectivity index (χ1n) is 6.50. The van der Waals surface area contributed by atoms with Crippen molar-refractivity contribution in [2.24, 2.45) is 0 Å². The lowest BCUT2D eigenvalue weighted by molar-refractivity contribution is 0.266. The molecule has 0 aromatic carbocycles. The Morgan fingerprint density at radius 1 is 1.68 bits per heavy atom. The van der Waals surface area contributed by atoms with E-state index >= 15 is 0 Å². The fraction of sp³-hybridized carbons (Fsp3) is 0.667. The highest BCUT2D eigenvalue weighted by Gasteiger charge is 2.22. The van der Waals surface area contributed by atoms with Crippen LogP contribution in [0, 0.1) is 0 Å². The minimum atomic E-state index is -0.378. The average Bonchev–Trinajstić information content (AvgIpc) is 2.41. The van der Waals surface area contributed by atoms with Gasteiger partial charge in [0.2, 0.25) is 0 Å². The molecular formula is C12H19ClN4O2. The largest absolute Gasteiger partial charge is 0.394 e. The van der Waals surface area contributed by atoms with E-state index in [1.165, 1.54) is 0 Å². The third kappa shape index (κ3) is 3.26. The first-order chi connectivity index (χ1) is 9.13. The second-order valence-electron chi connectivity index (χ2n) is 4.76. The van der Waals surface area contributed by atoms with Crippen LogP contribution in [0.25, 0.3) is 0 Å². The number of hydrogen-bond acceptors (Lipinski definition) is 5. The Hall–Kier alpha value is -1.11. The zero-order valence-electron chi connectivity index (χ0n) is 10.9. The van der Waals surface area contributed by atoms with E-state index in [0.717, 1.165) is 24.1 Å². The maximum absolute atomic E-state index is 11.9. The molecule has 0 radical (unpaired) electrons. The molecule has 1 aliphatic rings. The molecule has 2 heterocycles. The number of piperidine rings is 1. The van der Waals surface area contributed by atoms with E-state index in [-0.39, 0.29) is 29.8 Å². The maximum Gasteiger partial charge on any atom is 0.287 e. The molecule has 6 nitrogen and oxygen atoms in total. The summed E-state index contributed by atoms with van der Waals surface area (Å²) in [6, 6.07) is 0.561. The van der Waals surface area contributed by atoms with Crippen LogP contribution in [0.4, 0.5) is 5.69 Å². The van der Waals surface area contributed by atoms with Gasteiger partial charge in [0.1, 0.15) is 5.02 Å². The molecule has 0 bridgehead atoms. The second-order valence-corrected chi connectivity index (χ2v) is 5.14. The first-order valence-corrected chi connectivity index (χ1v) is 6.87. The summed E-state index contributed by atoms with van der Waals surface area (Å²) in [4.78, 5) is 11.9. The topological polar surface area (TPSA) is 79.2 Å². The molecule has 0 spiro atoms. The monoisotopic (exact) mass is 286 g/mol.